The zero-order valence-electron chi connectivity index (χ0n) is 19.1. The van der Waals surface area contributed by atoms with Gasteiger partial charge in [-0.05, 0) is 58.6 Å². The molecule has 30 heavy (non-hydrogen) atoms. The maximum absolute atomic E-state index is 13.0. The van der Waals surface area contributed by atoms with Gasteiger partial charge in [0.25, 0.3) is 0 Å². The average Bonchev–Trinajstić information content (AvgIpc) is 2.67. The molecule has 1 saturated heterocycles. The van der Waals surface area contributed by atoms with E-state index in [4.69, 9.17) is 4.74 Å². The van der Waals surface area contributed by atoms with Crippen molar-refractivity contribution < 1.29 is 9.53 Å². The van der Waals surface area contributed by atoms with E-state index in [0.29, 0.717) is 6.54 Å². The van der Waals surface area contributed by atoms with Crippen molar-refractivity contribution in [2.24, 2.45) is 0 Å². The van der Waals surface area contributed by atoms with E-state index in [-0.39, 0.29) is 17.7 Å². The van der Waals surface area contributed by atoms with Crippen LogP contribution in [0, 0.1) is 0 Å². The lowest BCUT2D eigenvalue weighted by atomic mass is 9.87. The third-order valence-corrected chi connectivity index (χ3v) is 5.80. The number of benzene rings is 2. The van der Waals surface area contributed by atoms with Crippen LogP contribution in [0.15, 0.2) is 60.7 Å². The summed E-state index contributed by atoms with van der Waals surface area (Å²) in [6.07, 6.45) is 1.81. The normalized spacial score (nSPS) is 19.0. The lowest BCUT2D eigenvalue weighted by Gasteiger charge is -2.48. The van der Waals surface area contributed by atoms with Crippen LogP contribution in [0.2, 0.25) is 0 Å². The minimum atomic E-state index is -0.492. The van der Waals surface area contributed by atoms with Crippen molar-refractivity contribution in [2.75, 3.05) is 6.54 Å². The van der Waals surface area contributed by atoms with Crippen LogP contribution < -0.4 is 0 Å². The molecule has 1 aliphatic heterocycles. The molecule has 1 fully saturated rings. The van der Waals surface area contributed by atoms with E-state index in [2.05, 4.69) is 79.4 Å². The fourth-order valence-electron chi connectivity index (χ4n) is 4.09. The Bertz CT molecular complexity index is 770. The topological polar surface area (TPSA) is 32.8 Å². The van der Waals surface area contributed by atoms with Crippen LogP contribution in [0.5, 0.6) is 0 Å². The smallest absolute Gasteiger partial charge is 0.410 e. The monoisotopic (exact) mass is 408 g/mol. The molecule has 2 aromatic carbocycles. The van der Waals surface area contributed by atoms with Gasteiger partial charge in [0.05, 0.1) is 0 Å². The first-order valence-corrected chi connectivity index (χ1v) is 11.0. The number of hydrogen-bond acceptors (Lipinski definition) is 3. The number of likely N-dealkylation sites (tertiary alicyclic amines) is 1. The van der Waals surface area contributed by atoms with E-state index in [1.165, 1.54) is 11.1 Å². The van der Waals surface area contributed by atoms with Crippen molar-refractivity contribution in [3.8, 4) is 0 Å². The maximum atomic E-state index is 13.0. The zero-order chi connectivity index (χ0) is 21.8. The first kappa shape index (κ1) is 22.4. The molecule has 0 saturated carbocycles. The highest BCUT2D eigenvalue weighted by atomic mass is 16.6. The number of hydrogen-bond donors (Lipinski definition) is 0. The van der Waals surface area contributed by atoms with Crippen molar-refractivity contribution in [1.82, 2.24) is 9.80 Å². The third kappa shape index (κ3) is 6.09. The molecule has 0 N–H and O–H groups in total. The molecule has 1 heterocycles. The molecule has 3 rings (SSSR count). The summed E-state index contributed by atoms with van der Waals surface area (Å²) in [5, 5.41) is 0. The van der Waals surface area contributed by atoms with Crippen molar-refractivity contribution in [3.63, 3.8) is 0 Å². The molecule has 4 nitrogen and oxygen atoms in total. The van der Waals surface area contributed by atoms with E-state index in [9.17, 15) is 4.79 Å². The largest absolute Gasteiger partial charge is 0.444 e. The average molecular weight is 409 g/mol. The van der Waals surface area contributed by atoms with Gasteiger partial charge in [0.2, 0.25) is 0 Å². The summed E-state index contributed by atoms with van der Waals surface area (Å²) in [5.41, 5.74) is 1.89. The summed E-state index contributed by atoms with van der Waals surface area (Å²) < 4.78 is 5.75. The Hall–Kier alpha value is -2.33. The van der Waals surface area contributed by atoms with E-state index < -0.39 is 5.60 Å². The van der Waals surface area contributed by atoms with Gasteiger partial charge in [-0.15, -0.1) is 0 Å². The summed E-state index contributed by atoms with van der Waals surface area (Å²) in [5.74, 6) is 0. The molecule has 1 unspecified atom stereocenters. The second kappa shape index (κ2) is 9.22. The lowest BCUT2D eigenvalue weighted by molar-refractivity contribution is -0.0266. The molecule has 162 valence electrons. The van der Waals surface area contributed by atoms with Crippen molar-refractivity contribution >= 4 is 6.09 Å². The Morgan fingerprint density at radius 1 is 1.00 bits per heavy atom. The molecule has 0 radical (unpaired) electrons. The van der Waals surface area contributed by atoms with Gasteiger partial charge in [-0.3, -0.25) is 4.90 Å². The van der Waals surface area contributed by atoms with Gasteiger partial charge in [0, 0.05) is 31.2 Å². The molecular weight excluding hydrogens is 372 g/mol. The molecule has 4 heteroatoms. The van der Waals surface area contributed by atoms with Gasteiger partial charge in [-0.2, -0.15) is 0 Å². The summed E-state index contributed by atoms with van der Waals surface area (Å²) in [4.78, 5) is 17.5. The number of nitrogens with zero attached hydrogens (tertiary/aromatic N) is 2. The molecule has 0 spiro atoms. The molecule has 0 aromatic heterocycles. The fourth-order valence-corrected chi connectivity index (χ4v) is 4.09. The van der Waals surface area contributed by atoms with Crippen LogP contribution in [0.1, 0.15) is 58.6 Å². The third-order valence-electron chi connectivity index (χ3n) is 5.80. The van der Waals surface area contributed by atoms with E-state index in [1.54, 1.807) is 0 Å². The second-order valence-electron chi connectivity index (χ2n) is 9.97. The zero-order valence-corrected chi connectivity index (χ0v) is 19.1. The van der Waals surface area contributed by atoms with Gasteiger partial charge in [-0.25, -0.2) is 4.79 Å². The predicted octanol–water partition coefficient (Wildman–Crippen LogP) is 5.87. The number of ether oxygens (including phenoxy) is 1. The van der Waals surface area contributed by atoms with Gasteiger partial charge in [0.1, 0.15) is 5.60 Å². The van der Waals surface area contributed by atoms with Gasteiger partial charge in [0.15, 0.2) is 0 Å². The van der Waals surface area contributed by atoms with Gasteiger partial charge >= 0.3 is 6.09 Å². The number of carbonyl (C=O) groups excluding carboxylic acids is 1. The summed E-state index contributed by atoms with van der Waals surface area (Å²) in [7, 11) is 0. The molecule has 1 amide bonds. The summed E-state index contributed by atoms with van der Waals surface area (Å²) in [6, 6.07) is 21.5. The Morgan fingerprint density at radius 3 is 1.97 bits per heavy atom. The van der Waals surface area contributed by atoms with Crippen molar-refractivity contribution in [1.29, 1.82) is 0 Å². The summed E-state index contributed by atoms with van der Waals surface area (Å²) >= 11 is 0. The SMILES string of the molecule is CC(C)(C)OC(=O)N1CC(N(Cc2ccccc2)Cc2ccccc2)CCC1(C)C. The molecule has 1 aliphatic rings. The highest BCUT2D eigenvalue weighted by Crippen LogP contribution is 2.32. The second-order valence-corrected chi connectivity index (χ2v) is 9.97. The first-order chi connectivity index (χ1) is 14.1. The standard InChI is InChI=1S/C26H36N2O2/c1-25(2,3)30-24(29)28-20-23(16-17-26(28,4)5)27(18-21-12-8-6-9-13-21)19-22-14-10-7-11-15-22/h6-15,23H,16-20H2,1-5H3. The van der Waals surface area contributed by atoms with Crippen molar-refractivity contribution in [3.05, 3.63) is 71.8 Å². The Labute approximate surface area is 181 Å². The van der Waals surface area contributed by atoms with E-state index in [1.807, 2.05) is 25.7 Å². The van der Waals surface area contributed by atoms with E-state index in [0.717, 1.165) is 25.9 Å². The Morgan fingerprint density at radius 2 is 1.50 bits per heavy atom. The quantitative estimate of drug-likeness (QED) is 0.620. The highest BCUT2D eigenvalue weighted by molar-refractivity contribution is 5.69. The lowest BCUT2D eigenvalue weighted by Crippen LogP contribution is -2.59. The number of piperidine rings is 1. The Kier molecular flexibility index (Phi) is 6.87. The molecule has 0 bridgehead atoms. The van der Waals surface area contributed by atoms with Crippen LogP contribution in [0.25, 0.3) is 0 Å². The molecule has 2 aromatic rings. The van der Waals surface area contributed by atoms with Crippen LogP contribution >= 0.6 is 0 Å². The minimum Gasteiger partial charge on any atom is -0.444 e. The first-order valence-electron chi connectivity index (χ1n) is 11.0. The van der Waals surface area contributed by atoms with E-state index >= 15 is 0 Å². The maximum Gasteiger partial charge on any atom is 0.410 e. The number of carbonyl (C=O) groups is 1. The van der Waals surface area contributed by atoms with Crippen LogP contribution in [0.3, 0.4) is 0 Å². The predicted molar refractivity (Wildman–Crippen MR) is 122 cm³/mol. The molecule has 1 atom stereocenters. The number of amides is 1. The van der Waals surface area contributed by atoms with Crippen LogP contribution in [0.4, 0.5) is 4.79 Å². The van der Waals surface area contributed by atoms with Crippen LogP contribution in [-0.4, -0.2) is 39.6 Å². The van der Waals surface area contributed by atoms with Gasteiger partial charge in [-0.1, -0.05) is 60.7 Å². The number of rotatable bonds is 5. The van der Waals surface area contributed by atoms with Crippen LogP contribution in [-0.2, 0) is 17.8 Å². The minimum absolute atomic E-state index is 0.204. The molecular formula is C26H36N2O2. The van der Waals surface area contributed by atoms with Crippen molar-refractivity contribution in [2.45, 2.75) is 77.7 Å². The fraction of sp³-hybridized carbons (Fsp3) is 0.500. The highest BCUT2D eigenvalue weighted by Gasteiger charge is 2.41. The van der Waals surface area contributed by atoms with Gasteiger partial charge < -0.3 is 9.64 Å². The Balaban J connectivity index is 1.81. The summed E-state index contributed by atoms with van der Waals surface area (Å²) in [6.45, 7) is 12.5. The molecule has 0 aliphatic carbocycles.